The van der Waals surface area contributed by atoms with E-state index in [4.69, 9.17) is 14.7 Å². The lowest BCUT2D eigenvalue weighted by Gasteiger charge is -2.23. The van der Waals surface area contributed by atoms with E-state index in [9.17, 15) is 4.79 Å². The Balaban J connectivity index is 1.87. The lowest BCUT2D eigenvalue weighted by atomic mass is 10.1. The second-order valence-corrected chi connectivity index (χ2v) is 6.96. The van der Waals surface area contributed by atoms with Gasteiger partial charge in [-0.3, -0.25) is 4.79 Å². The molecule has 1 aromatic heterocycles. The van der Waals surface area contributed by atoms with Gasteiger partial charge in [0.1, 0.15) is 12.4 Å². The molecule has 0 aliphatic carbocycles. The van der Waals surface area contributed by atoms with Crippen LogP contribution >= 0.6 is 0 Å². The molecule has 1 fully saturated rings. The number of hydrogen-bond donors (Lipinski definition) is 1. The molecule has 138 valence electrons. The number of aromatic nitrogens is 2. The highest BCUT2D eigenvalue weighted by Crippen LogP contribution is 2.27. The van der Waals surface area contributed by atoms with Gasteiger partial charge in [-0.1, -0.05) is 0 Å². The quantitative estimate of drug-likeness (QED) is 0.848. The van der Waals surface area contributed by atoms with Crippen LogP contribution in [-0.2, 0) is 29.0 Å². The van der Waals surface area contributed by atoms with Gasteiger partial charge in [-0.2, -0.15) is 0 Å². The number of carbonyl (C=O) groups is 1. The molecule has 3 heterocycles. The van der Waals surface area contributed by atoms with Crippen LogP contribution in [-0.4, -0.2) is 66.7 Å². The van der Waals surface area contributed by atoms with Crippen molar-refractivity contribution in [3.05, 3.63) is 17.1 Å². The molecule has 1 amide bonds. The number of hydrogen-bond acceptors (Lipinski definition) is 6. The van der Waals surface area contributed by atoms with Crippen molar-refractivity contribution < 1.29 is 9.53 Å². The SMILES string of the molecule is CCOCc1nc2c(c(N3CC[C@H](NC(C)=O)C3)n1)CCN(C)CC2. The average molecular weight is 347 g/mol. The number of rotatable bonds is 5. The number of anilines is 1. The Morgan fingerprint density at radius 1 is 1.28 bits per heavy atom. The molecule has 0 spiro atoms. The Kier molecular flexibility index (Phi) is 5.86. The maximum Gasteiger partial charge on any atom is 0.217 e. The van der Waals surface area contributed by atoms with Crippen molar-refractivity contribution >= 4 is 11.7 Å². The Labute approximate surface area is 149 Å². The molecule has 1 atom stereocenters. The Morgan fingerprint density at radius 3 is 2.84 bits per heavy atom. The molecule has 0 unspecified atom stereocenters. The zero-order chi connectivity index (χ0) is 17.8. The monoisotopic (exact) mass is 347 g/mol. The molecule has 0 aromatic carbocycles. The summed E-state index contributed by atoms with van der Waals surface area (Å²) in [4.78, 5) is 25.6. The van der Waals surface area contributed by atoms with Crippen LogP contribution in [0.2, 0.25) is 0 Å². The van der Waals surface area contributed by atoms with Crippen LogP contribution in [0.15, 0.2) is 0 Å². The van der Waals surface area contributed by atoms with E-state index in [1.807, 2.05) is 6.92 Å². The van der Waals surface area contributed by atoms with E-state index >= 15 is 0 Å². The zero-order valence-corrected chi connectivity index (χ0v) is 15.5. The molecular formula is C18H29N5O2. The van der Waals surface area contributed by atoms with E-state index in [2.05, 4.69) is 22.2 Å². The summed E-state index contributed by atoms with van der Waals surface area (Å²) in [7, 11) is 2.16. The number of nitrogens with zero attached hydrogens (tertiary/aromatic N) is 4. The summed E-state index contributed by atoms with van der Waals surface area (Å²) in [6.07, 6.45) is 2.87. The maximum atomic E-state index is 11.4. The van der Waals surface area contributed by atoms with Crippen LogP contribution in [0.25, 0.3) is 0 Å². The third-order valence-corrected chi connectivity index (χ3v) is 4.92. The van der Waals surface area contributed by atoms with Crippen molar-refractivity contribution in [1.82, 2.24) is 20.2 Å². The first-order chi connectivity index (χ1) is 12.1. The summed E-state index contributed by atoms with van der Waals surface area (Å²) < 4.78 is 5.54. The molecular weight excluding hydrogens is 318 g/mol. The fourth-order valence-electron chi connectivity index (χ4n) is 3.62. The highest BCUT2D eigenvalue weighted by molar-refractivity contribution is 5.73. The standard InChI is InChI=1S/C18H29N5O2/c1-4-25-12-17-20-16-7-9-22(3)8-6-15(16)18(21-17)23-10-5-14(11-23)19-13(2)24/h14H,4-12H2,1-3H3,(H,19,24)/t14-/m0/s1. The van der Waals surface area contributed by atoms with Crippen LogP contribution < -0.4 is 10.2 Å². The van der Waals surface area contributed by atoms with Crippen molar-refractivity contribution in [1.29, 1.82) is 0 Å². The van der Waals surface area contributed by atoms with E-state index in [-0.39, 0.29) is 11.9 Å². The Morgan fingerprint density at radius 2 is 2.08 bits per heavy atom. The highest BCUT2D eigenvalue weighted by Gasteiger charge is 2.28. The topological polar surface area (TPSA) is 70.6 Å². The fourth-order valence-corrected chi connectivity index (χ4v) is 3.62. The summed E-state index contributed by atoms with van der Waals surface area (Å²) in [5.41, 5.74) is 2.43. The van der Waals surface area contributed by atoms with Crippen LogP contribution in [0.3, 0.4) is 0 Å². The number of carbonyl (C=O) groups excluding carboxylic acids is 1. The summed E-state index contributed by atoms with van der Waals surface area (Å²) in [6, 6.07) is 0.201. The molecule has 25 heavy (non-hydrogen) atoms. The molecule has 0 saturated carbocycles. The molecule has 3 rings (SSSR count). The molecule has 7 heteroatoms. The van der Waals surface area contributed by atoms with Gasteiger partial charge < -0.3 is 19.9 Å². The second-order valence-electron chi connectivity index (χ2n) is 6.96. The summed E-state index contributed by atoms with van der Waals surface area (Å²) >= 11 is 0. The predicted octanol–water partition coefficient (Wildman–Crippen LogP) is 0.758. The van der Waals surface area contributed by atoms with Crippen LogP contribution in [0.5, 0.6) is 0 Å². The molecule has 2 aliphatic rings. The molecule has 1 N–H and O–H groups in total. The third-order valence-electron chi connectivity index (χ3n) is 4.92. The summed E-state index contributed by atoms with van der Waals surface area (Å²) in [6.45, 7) is 8.45. The molecule has 0 radical (unpaired) electrons. The van der Waals surface area contributed by atoms with Crippen molar-refractivity contribution in [3.8, 4) is 0 Å². The minimum atomic E-state index is 0.0343. The van der Waals surface area contributed by atoms with Gasteiger partial charge in [0.2, 0.25) is 5.91 Å². The Bertz CT molecular complexity index is 622. The van der Waals surface area contributed by atoms with Gasteiger partial charge in [-0.15, -0.1) is 0 Å². The Hall–Kier alpha value is -1.73. The van der Waals surface area contributed by atoms with E-state index in [1.54, 1.807) is 6.92 Å². The van der Waals surface area contributed by atoms with E-state index in [0.29, 0.717) is 13.2 Å². The number of likely N-dealkylation sites (N-methyl/N-ethyl adjacent to an activating group) is 1. The predicted molar refractivity (Wildman–Crippen MR) is 96.7 cm³/mol. The van der Waals surface area contributed by atoms with Gasteiger partial charge in [0, 0.05) is 57.7 Å². The molecule has 0 bridgehead atoms. The largest absolute Gasteiger partial charge is 0.374 e. The first-order valence-corrected chi connectivity index (χ1v) is 9.23. The van der Waals surface area contributed by atoms with Gasteiger partial charge in [0.25, 0.3) is 0 Å². The third kappa shape index (κ3) is 4.46. The number of nitrogens with one attached hydrogen (secondary N) is 1. The van der Waals surface area contributed by atoms with Gasteiger partial charge in [-0.25, -0.2) is 9.97 Å². The summed E-state index contributed by atoms with van der Waals surface area (Å²) in [5.74, 6) is 1.85. The maximum absolute atomic E-state index is 11.4. The first kappa shape index (κ1) is 18.1. The minimum Gasteiger partial charge on any atom is -0.374 e. The smallest absolute Gasteiger partial charge is 0.217 e. The number of fused-ring (bicyclic) bond motifs is 1. The zero-order valence-electron chi connectivity index (χ0n) is 15.5. The van der Waals surface area contributed by atoms with Gasteiger partial charge in [-0.05, 0) is 26.8 Å². The molecule has 1 saturated heterocycles. The van der Waals surface area contributed by atoms with Gasteiger partial charge >= 0.3 is 0 Å². The average Bonchev–Trinajstić information content (AvgIpc) is 2.95. The van der Waals surface area contributed by atoms with Crippen LogP contribution in [0, 0.1) is 0 Å². The minimum absolute atomic E-state index is 0.0343. The van der Waals surface area contributed by atoms with Crippen molar-refractivity contribution in [2.45, 2.75) is 45.8 Å². The molecule has 1 aromatic rings. The van der Waals surface area contributed by atoms with Crippen LogP contribution in [0.4, 0.5) is 5.82 Å². The van der Waals surface area contributed by atoms with Crippen molar-refractivity contribution in [2.24, 2.45) is 0 Å². The summed E-state index contributed by atoms with van der Waals surface area (Å²) in [5, 5.41) is 3.03. The van der Waals surface area contributed by atoms with Crippen LogP contribution in [0.1, 0.15) is 37.4 Å². The first-order valence-electron chi connectivity index (χ1n) is 9.23. The van der Waals surface area contributed by atoms with Gasteiger partial charge in [0.05, 0.1) is 5.69 Å². The van der Waals surface area contributed by atoms with E-state index in [0.717, 1.165) is 62.8 Å². The second kappa shape index (κ2) is 8.10. The van der Waals surface area contributed by atoms with E-state index < -0.39 is 0 Å². The molecule has 7 nitrogen and oxygen atoms in total. The normalized spacial score (nSPS) is 21.1. The van der Waals surface area contributed by atoms with Crippen molar-refractivity contribution in [3.63, 3.8) is 0 Å². The fraction of sp³-hybridized carbons (Fsp3) is 0.722. The lowest BCUT2D eigenvalue weighted by Crippen LogP contribution is -2.36. The number of ether oxygens (including phenoxy) is 1. The lowest BCUT2D eigenvalue weighted by molar-refractivity contribution is -0.119. The van der Waals surface area contributed by atoms with E-state index in [1.165, 1.54) is 5.56 Å². The highest BCUT2D eigenvalue weighted by atomic mass is 16.5. The molecule has 2 aliphatic heterocycles. The number of amides is 1. The van der Waals surface area contributed by atoms with Gasteiger partial charge in [0.15, 0.2) is 5.82 Å². The van der Waals surface area contributed by atoms with Crippen molar-refractivity contribution in [2.75, 3.05) is 44.7 Å².